The van der Waals surface area contributed by atoms with Crippen molar-refractivity contribution < 1.29 is 18.0 Å². The normalized spacial score (nSPS) is 21.7. The van der Waals surface area contributed by atoms with Gasteiger partial charge >= 0.3 is 0 Å². The highest BCUT2D eigenvalue weighted by Gasteiger charge is 2.27. The number of hydrogen-bond acceptors (Lipinski definition) is 6. The van der Waals surface area contributed by atoms with Crippen molar-refractivity contribution in [1.29, 1.82) is 0 Å². The van der Waals surface area contributed by atoms with Crippen molar-refractivity contribution in [1.82, 2.24) is 10.1 Å². The van der Waals surface area contributed by atoms with Gasteiger partial charge in [0.05, 0.1) is 11.5 Å². The number of rotatable bonds is 2. The van der Waals surface area contributed by atoms with Gasteiger partial charge in [0.1, 0.15) is 16.4 Å². The molecule has 0 radical (unpaired) electrons. The smallest absolute Gasteiger partial charge is 0.252 e. The maximum Gasteiger partial charge on any atom is 0.252 e. The van der Waals surface area contributed by atoms with Crippen LogP contribution >= 0.6 is 0 Å². The van der Waals surface area contributed by atoms with Crippen LogP contribution in [0.1, 0.15) is 30.5 Å². The highest BCUT2D eigenvalue weighted by atomic mass is 32.2. The first-order chi connectivity index (χ1) is 7.11. The molecule has 7 heteroatoms. The SMILES string of the molecule is O=S1(=O)CCC(c2noc(CO)n2)CC1. The maximum atomic E-state index is 11.2. The van der Waals surface area contributed by atoms with Gasteiger partial charge in [0.15, 0.2) is 5.82 Å². The van der Waals surface area contributed by atoms with Gasteiger partial charge in [-0.15, -0.1) is 0 Å². The zero-order valence-electron chi connectivity index (χ0n) is 8.09. The van der Waals surface area contributed by atoms with E-state index in [4.69, 9.17) is 9.63 Å². The molecule has 2 heterocycles. The Kier molecular flexibility index (Phi) is 2.74. The number of aromatic nitrogens is 2. The van der Waals surface area contributed by atoms with E-state index >= 15 is 0 Å². The minimum absolute atomic E-state index is 0.0394. The second kappa shape index (κ2) is 3.90. The molecular formula is C8H12N2O4S. The van der Waals surface area contributed by atoms with Gasteiger partial charge in [0.2, 0.25) is 0 Å². The molecule has 1 fully saturated rings. The van der Waals surface area contributed by atoms with Crippen molar-refractivity contribution in [2.24, 2.45) is 0 Å². The van der Waals surface area contributed by atoms with Crippen molar-refractivity contribution in [2.45, 2.75) is 25.4 Å². The Hall–Kier alpha value is -0.950. The van der Waals surface area contributed by atoms with Gasteiger partial charge in [-0.1, -0.05) is 5.16 Å². The van der Waals surface area contributed by atoms with Crippen LogP contribution in [0.25, 0.3) is 0 Å². The largest absolute Gasteiger partial charge is 0.387 e. The summed E-state index contributed by atoms with van der Waals surface area (Å²) >= 11 is 0. The molecule has 0 unspecified atom stereocenters. The van der Waals surface area contributed by atoms with Gasteiger partial charge in [0, 0.05) is 5.92 Å². The molecule has 1 aliphatic heterocycles. The predicted molar refractivity (Wildman–Crippen MR) is 50.8 cm³/mol. The van der Waals surface area contributed by atoms with E-state index in [0.717, 1.165) is 0 Å². The number of hydrogen-bond donors (Lipinski definition) is 1. The summed E-state index contributed by atoms with van der Waals surface area (Å²) in [5, 5.41) is 12.5. The molecule has 1 N–H and O–H groups in total. The van der Waals surface area contributed by atoms with Gasteiger partial charge in [-0.3, -0.25) is 0 Å². The van der Waals surface area contributed by atoms with Gasteiger partial charge in [-0.05, 0) is 12.8 Å². The second-order valence-electron chi connectivity index (χ2n) is 3.63. The van der Waals surface area contributed by atoms with Crippen molar-refractivity contribution in [3.05, 3.63) is 11.7 Å². The summed E-state index contributed by atoms with van der Waals surface area (Å²) in [5.74, 6) is 1.09. The van der Waals surface area contributed by atoms with E-state index in [-0.39, 0.29) is 29.9 Å². The van der Waals surface area contributed by atoms with Crippen LogP contribution in [0.3, 0.4) is 0 Å². The molecule has 6 nitrogen and oxygen atoms in total. The van der Waals surface area contributed by atoms with Gasteiger partial charge in [-0.25, -0.2) is 8.42 Å². The van der Waals surface area contributed by atoms with E-state index in [1.54, 1.807) is 0 Å². The number of aliphatic hydroxyl groups is 1. The van der Waals surface area contributed by atoms with E-state index in [9.17, 15) is 8.42 Å². The Labute approximate surface area is 87.2 Å². The van der Waals surface area contributed by atoms with Crippen molar-refractivity contribution in [2.75, 3.05) is 11.5 Å². The van der Waals surface area contributed by atoms with E-state index in [1.807, 2.05) is 0 Å². The van der Waals surface area contributed by atoms with Crippen LogP contribution in [-0.2, 0) is 16.4 Å². The van der Waals surface area contributed by atoms with Gasteiger partial charge < -0.3 is 9.63 Å². The van der Waals surface area contributed by atoms with Crippen LogP contribution in [0.15, 0.2) is 4.52 Å². The third-order valence-corrected chi connectivity index (χ3v) is 4.25. The Bertz CT molecular complexity index is 425. The zero-order chi connectivity index (χ0) is 10.9. The Balaban J connectivity index is 2.07. The minimum Gasteiger partial charge on any atom is -0.387 e. The summed E-state index contributed by atoms with van der Waals surface area (Å²) in [4.78, 5) is 3.98. The lowest BCUT2D eigenvalue weighted by atomic mass is 10.0. The molecule has 1 aromatic rings. The Morgan fingerprint density at radius 1 is 1.40 bits per heavy atom. The van der Waals surface area contributed by atoms with Crippen molar-refractivity contribution >= 4 is 9.84 Å². The maximum absolute atomic E-state index is 11.2. The summed E-state index contributed by atoms with van der Waals surface area (Å²) in [6.07, 6.45) is 1.07. The molecule has 0 aliphatic carbocycles. The van der Waals surface area contributed by atoms with E-state index in [0.29, 0.717) is 18.7 Å². The lowest BCUT2D eigenvalue weighted by molar-refractivity contribution is 0.222. The first kappa shape index (κ1) is 10.6. The quantitative estimate of drug-likeness (QED) is 0.762. The number of sulfone groups is 1. The van der Waals surface area contributed by atoms with E-state index < -0.39 is 9.84 Å². The van der Waals surface area contributed by atoms with Gasteiger partial charge in [-0.2, -0.15) is 4.98 Å². The van der Waals surface area contributed by atoms with E-state index in [2.05, 4.69) is 10.1 Å². The molecule has 1 aliphatic rings. The zero-order valence-corrected chi connectivity index (χ0v) is 8.90. The lowest BCUT2D eigenvalue weighted by Crippen LogP contribution is -2.22. The third kappa shape index (κ3) is 2.35. The molecule has 0 saturated carbocycles. The fourth-order valence-electron chi connectivity index (χ4n) is 1.65. The van der Waals surface area contributed by atoms with Crippen molar-refractivity contribution in [3.63, 3.8) is 0 Å². The molecule has 0 amide bonds. The van der Waals surface area contributed by atoms with Crippen molar-refractivity contribution in [3.8, 4) is 0 Å². The molecule has 15 heavy (non-hydrogen) atoms. The lowest BCUT2D eigenvalue weighted by Gasteiger charge is -2.18. The topological polar surface area (TPSA) is 93.3 Å². The number of nitrogens with zero attached hydrogens (tertiary/aromatic N) is 2. The molecule has 0 spiro atoms. The summed E-state index contributed by atoms with van der Waals surface area (Å²) in [6.45, 7) is -0.280. The van der Waals surface area contributed by atoms with E-state index in [1.165, 1.54) is 0 Å². The molecule has 0 bridgehead atoms. The number of aliphatic hydroxyl groups excluding tert-OH is 1. The molecule has 2 rings (SSSR count). The predicted octanol–water partition coefficient (Wildman–Crippen LogP) is -0.146. The third-order valence-electron chi connectivity index (χ3n) is 2.54. The van der Waals surface area contributed by atoms with Gasteiger partial charge in [0.25, 0.3) is 5.89 Å². The first-order valence-electron chi connectivity index (χ1n) is 4.74. The van der Waals surface area contributed by atoms with Crippen LogP contribution in [0, 0.1) is 0 Å². The Morgan fingerprint density at radius 2 is 2.07 bits per heavy atom. The summed E-state index contributed by atoms with van der Waals surface area (Å²) in [5.41, 5.74) is 0. The monoisotopic (exact) mass is 232 g/mol. The van der Waals surface area contributed by atoms with Crippen LogP contribution in [-0.4, -0.2) is 35.2 Å². The molecular weight excluding hydrogens is 220 g/mol. The Morgan fingerprint density at radius 3 is 2.60 bits per heavy atom. The molecule has 84 valence electrons. The second-order valence-corrected chi connectivity index (χ2v) is 5.93. The highest BCUT2D eigenvalue weighted by molar-refractivity contribution is 7.91. The molecule has 0 aromatic carbocycles. The van der Waals surface area contributed by atoms with Crippen LogP contribution < -0.4 is 0 Å². The average Bonchev–Trinajstić information content (AvgIpc) is 2.66. The molecule has 0 atom stereocenters. The fraction of sp³-hybridized carbons (Fsp3) is 0.750. The highest BCUT2D eigenvalue weighted by Crippen LogP contribution is 2.26. The summed E-state index contributed by atoms with van der Waals surface area (Å²) in [7, 11) is -2.86. The summed E-state index contributed by atoms with van der Waals surface area (Å²) in [6, 6.07) is 0. The first-order valence-corrected chi connectivity index (χ1v) is 6.56. The average molecular weight is 232 g/mol. The summed E-state index contributed by atoms with van der Waals surface area (Å²) < 4.78 is 27.1. The fourth-order valence-corrected chi connectivity index (χ4v) is 3.14. The van der Waals surface area contributed by atoms with Crippen LogP contribution in [0.4, 0.5) is 0 Å². The van der Waals surface area contributed by atoms with Crippen LogP contribution in [0.2, 0.25) is 0 Å². The minimum atomic E-state index is -2.86. The molecule has 1 saturated heterocycles. The van der Waals surface area contributed by atoms with Crippen LogP contribution in [0.5, 0.6) is 0 Å². The molecule has 1 aromatic heterocycles. The standard InChI is InChI=1S/C8H12N2O4S/c11-5-7-9-8(10-14-7)6-1-3-15(12,13)4-2-6/h6,11H,1-5H2.